The number of halogens is 1. The van der Waals surface area contributed by atoms with E-state index in [0.717, 1.165) is 49.2 Å². The molecule has 1 aromatic heterocycles. The highest BCUT2D eigenvalue weighted by Crippen LogP contribution is 2.36. The number of carbonyl (C=O) groups is 2. The Hall–Kier alpha value is -2.84. The van der Waals surface area contributed by atoms with Gasteiger partial charge in [-0.3, -0.25) is 14.5 Å². The van der Waals surface area contributed by atoms with Crippen LogP contribution in [0.2, 0.25) is 0 Å². The summed E-state index contributed by atoms with van der Waals surface area (Å²) in [6.07, 6.45) is 11.6. The lowest BCUT2D eigenvalue weighted by Gasteiger charge is -2.52. The van der Waals surface area contributed by atoms with E-state index in [1.54, 1.807) is 19.1 Å². The molecule has 0 unspecified atom stereocenters. The second kappa shape index (κ2) is 13.9. The molecular weight excluding hydrogens is 540 g/mol. The number of carbonyl (C=O) groups excluding carboxylic acids is 2. The number of nitrogens with zero attached hydrogens (tertiary/aromatic N) is 3. The van der Waals surface area contributed by atoms with Gasteiger partial charge in [-0.05, 0) is 55.4 Å². The number of hydrogen-bond donors (Lipinski definition) is 1. The maximum absolute atomic E-state index is 13.8. The van der Waals surface area contributed by atoms with Crippen LogP contribution in [-0.4, -0.2) is 52.8 Å². The summed E-state index contributed by atoms with van der Waals surface area (Å²) in [5.74, 6) is 1.92. The molecule has 0 radical (unpaired) electrons. The number of piperazine rings is 1. The average Bonchev–Trinajstić information content (AvgIpc) is 2.96. The van der Waals surface area contributed by atoms with Gasteiger partial charge in [-0.25, -0.2) is 0 Å². The van der Waals surface area contributed by atoms with E-state index >= 15 is 0 Å². The Kier molecular flexibility index (Phi) is 10.5. The highest BCUT2D eigenvalue weighted by atomic mass is 35.5. The van der Waals surface area contributed by atoms with Gasteiger partial charge in [0, 0.05) is 39.2 Å². The lowest BCUT2D eigenvalue weighted by atomic mass is 9.79. The van der Waals surface area contributed by atoms with Crippen LogP contribution < -0.4 is 14.8 Å². The number of hydrogen-bond acceptors (Lipinski definition) is 5. The minimum absolute atomic E-state index is 0. The summed E-state index contributed by atoms with van der Waals surface area (Å²) in [7, 11) is 0. The highest BCUT2D eigenvalue weighted by molar-refractivity contribution is 6.00. The zero-order valence-electron chi connectivity index (χ0n) is 24.5. The van der Waals surface area contributed by atoms with Gasteiger partial charge in [0.1, 0.15) is 17.3 Å². The number of aryl methyl sites for hydroxylation is 1. The number of amides is 2. The fourth-order valence-electron chi connectivity index (χ4n) is 6.66. The molecule has 3 heterocycles. The lowest BCUT2D eigenvalue weighted by Crippen LogP contribution is -2.73. The number of piperidine rings is 1. The van der Waals surface area contributed by atoms with Gasteiger partial charge >= 0.3 is 0 Å². The van der Waals surface area contributed by atoms with Gasteiger partial charge in [-0.15, -0.1) is 12.4 Å². The Morgan fingerprint density at radius 2 is 1.71 bits per heavy atom. The second-order valence-corrected chi connectivity index (χ2v) is 12.0. The summed E-state index contributed by atoms with van der Waals surface area (Å²) in [6, 6.07) is 11.1. The van der Waals surface area contributed by atoms with Crippen LogP contribution in [0, 0.1) is 18.0 Å². The van der Waals surface area contributed by atoms with Crippen LogP contribution in [0.4, 0.5) is 0 Å². The van der Waals surface area contributed by atoms with Gasteiger partial charge < -0.3 is 20.2 Å². The Morgan fingerprint density at radius 3 is 2.37 bits per heavy atom. The summed E-state index contributed by atoms with van der Waals surface area (Å²) < 4.78 is 6.64. The SMILES string of the molecule is CCCCN1C(=O)[C@H](CC2CCCCC2)NC(=O)C12CCN(Cc1ccc(Oc3ccc(C)[n+]([O-])c3)cc1)CC2.Cl. The van der Waals surface area contributed by atoms with Gasteiger partial charge in [0.05, 0.1) is 0 Å². The standard InChI is InChI=1S/C32H44N4O4.ClH/c1-3-4-18-35-30(37)29(21-25-8-6-5-7-9-25)33-31(38)32(35)16-19-34(20-17-32)22-26-11-14-27(15-12-26)40-28-13-10-24(2)36(39)23-28;/h10-15,23,25,29H,3-9,16-22H2,1-2H3,(H,33,38);1H/t29-;/m0./s1. The molecule has 3 fully saturated rings. The van der Waals surface area contributed by atoms with Gasteiger partial charge in [0.2, 0.25) is 18.0 Å². The molecule has 1 atom stereocenters. The number of rotatable bonds is 9. The van der Waals surface area contributed by atoms with Crippen molar-refractivity contribution >= 4 is 24.2 Å². The zero-order valence-corrected chi connectivity index (χ0v) is 25.3. The predicted octanol–water partition coefficient (Wildman–Crippen LogP) is 5.27. The van der Waals surface area contributed by atoms with Crippen molar-refractivity contribution in [2.75, 3.05) is 19.6 Å². The number of likely N-dealkylation sites (tertiary alicyclic amines) is 1. The molecule has 41 heavy (non-hydrogen) atoms. The third kappa shape index (κ3) is 7.15. The van der Waals surface area contributed by atoms with Crippen molar-refractivity contribution in [2.45, 2.75) is 96.2 Å². The zero-order chi connectivity index (χ0) is 28.1. The first-order valence-corrected chi connectivity index (χ1v) is 15.2. The van der Waals surface area contributed by atoms with E-state index in [9.17, 15) is 14.8 Å². The van der Waals surface area contributed by atoms with Crippen LogP contribution in [0.25, 0.3) is 0 Å². The number of aromatic nitrogens is 1. The number of unbranched alkanes of at least 4 members (excludes halogenated alkanes) is 1. The molecule has 2 saturated heterocycles. The second-order valence-electron chi connectivity index (χ2n) is 12.0. The summed E-state index contributed by atoms with van der Waals surface area (Å²) in [5.41, 5.74) is 1.05. The Morgan fingerprint density at radius 1 is 1.02 bits per heavy atom. The molecule has 1 N–H and O–H groups in total. The Bertz CT molecular complexity index is 1180. The van der Waals surface area contributed by atoms with Crippen LogP contribution in [0.3, 0.4) is 0 Å². The monoisotopic (exact) mass is 584 g/mol. The van der Waals surface area contributed by atoms with Crippen molar-refractivity contribution in [3.63, 3.8) is 0 Å². The third-order valence-electron chi connectivity index (χ3n) is 9.17. The number of pyridine rings is 1. The Labute approximate surface area is 250 Å². The quantitative estimate of drug-likeness (QED) is 0.320. The summed E-state index contributed by atoms with van der Waals surface area (Å²) in [5, 5.41) is 15.0. The van der Waals surface area contributed by atoms with Crippen molar-refractivity contribution in [1.82, 2.24) is 15.1 Å². The first-order valence-electron chi connectivity index (χ1n) is 15.2. The smallest absolute Gasteiger partial charge is 0.246 e. The minimum Gasteiger partial charge on any atom is -0.618 e. The number of benzene rings is 1. The highest BCUT2D eigenvalue weighted by Gasteiger charge is 2.53. The van der Waals surface area contributed by atoms with E-state index in [2.05, 4.69) is 17.1 Å². The van der Waals surface area contributed by atoms with Gasteiger partial charge in [-0.2, -0.15) is 4.73 Å². The van der Waals surface area contributed by atoms with Gasteiger partial charge in [0.15, 0.2) is 11.4 Å². The molecule has 1 saturated carbocycles. The summed E-state index contributed by atoms with van der Waals surface area (Å²) in [4.78, 5) is 31.8. The molecule has 1 aromatic carbocycles. The van der Waals surface area contributed by atoms with E-state index in [1.807, 2.05) is 29.2 Å². The fraction of sp³-hybridized carbons (Fsp3) is 0.594. The van der Waals surface area contributed by atoms with Crippen LogP contribution in [0.15, 0.2) is 42.6 Å². The molecule has 1 aliphatic carbocycles. The minimum atomic E-state index is -0.726. The summed E-state index contributed by atoms with van der Waals surface area (Å²) in [6.45, 7) is 6.86. The van der Waals surface area contributed by atoms with Crippen molar-refractivity contribution in [3.05, 3.63) is 59.1 Å². The molecule has 2 aromatic rings. The molecule has 224 valence electrons. The maximum atomic E-state index is 13.8. The first-order chi connectivity index (χ1) is 19.4. The van der Waals surface area contributed by atoms with Crippen molar-refractivity contribution in [2.24, 2.45) is 5.92 Å². The molecule has 9 heteroatoms. The van der Waals surface area contributed by atoms with Crippen molar-refractivity contribution in [1.29, 1.82) is 0 Å². The predicted molar refractivity (Wildman–Crippen MR) is 161 cm³/mol. The van der Waals surface area contributed by atoms with Gasteiger partial charge in [0.25, 0.3) is 0 Å². The maximum Gasteiger partial charge on any atom is 0.246 e. The molecule has 2 aliphatic heterocycles. The molecule has 8 nitrogen and oxygen atoms in total. The van der Waals surface area contributed by atoms with E-state index < -0.39 is 5.54 Å². The van der Waals surface area contributed by atoms with Crippen molar-refractivity contribution < 1.29 is 19.1 Å². The van der Waals surface area contributed by atoms with Crippen LogP contribution in [0.1, 0.15) is 82.4 Å². The molecule has 2 amide bonds. The molecule has 5 rings (SSSR count). The third-order valence-corrected chi connectivity index (χ3v) is 9.17. The van der Waals surface area contributed by atoms with Crippen LogP contribution in [-0.2, 0) is 16.1 Å². The van der Waals surface area contributed by atoms with E-state index in [0.29, 0.717) is 42.5 Å². The molecule has 3 aliphatic rings. The van der Waals surface area contributed by atoms with Crippen molar-refractivity contribution in [3.8, 4) is 11.5 Å². The largest absolute Gasteiger partial charge is 0.618 e. The van der Waals surface area contributed by atoms with E-state index in [-0.39, 0.29) is 30.3 Å². The lowest BCUT2D eigenvalue weighted by molar-refractivity contribution is -0.612. The molecule has 1 spiro atoms. The Balaban J connectivity index is 0.00000387. The van der Waals surface area contributed by atoms with Crippen LogP contribution in [0.5, 0.6) is 11.5 Å². The topological polar surface area (TPSA) is 88.8 Å². The van der Waals surface area contributed by atoms with E-state index in [1.165, 1.54) is 38.3 Å². The first kappa shape index (κ1) is 31.1. The number of nitrogens with one attached hydrogen (secondary N) is 1. The van der Waals surface area contributed by atoms with E-state index in [4.69, 9.17) is 4.74 Å². The molecular formula is C32H45ClN4O4. The summed E-state index contributed by atoms with van der Waals surface area (Å²) >= 11 is 0. The fourth-order valence-corrected chi connectivity index (χ4v) is 6.66. The average molecular weight is 585 g/mol. The van der Waals surface area contributed by atoms with Gasteiger partial charge in [-0.1, -0.05) is 57.6 Å². The molecule has 0 bridgehead atoms. The number of ether oxygens (including phenoxy) is 1. The van der Waals surface area contributed by atoms with Crippen LogP contribution >= 0.6 is 12.4 Å². The normalized spacial score (nSPS) is 21.4.